The second kappa shape index (κ2) is 5.26. The number of H-pyrrole nitrogens is 2. The van der Waals surface area contributed by atoms with Crippen LogP contribution in [0.15, 0.2) is 14.6 Å². The number of nitrogens with zero attached hydrogens (tertiary/aromatic N) is 2. The third kappa shape index (κ3) is 3.35. The van der Waals surface area contributed by atoms with Crippen molar-refractivity contribution in [2.45, 2.75) is 0 Å². The maximum atomic E-state index is 11.3. The van der Waals surface area contributed by atoms with Gasteiger partial charge in [0.25, 0.3) is 5.56 Å². The summed E-state index contributed by atoms with van der Waals surface area (Å²) in [4.78, 5) is 32.0. The van der Waals surface area contributed by atoms with Gasteiger partial charge in [-0.25, -0.2) is 4.79 Å². The molecule has 0 amide bonds. The molecule has 0 aliphatic heterocycles. The van der Waals surface area contributed by atoms with Crippen molar-refractivity contribution in [1.29, 1.82) is 0 Å². The lowest BCUT2D eigenvalue weighted by Crippen LogP contribution is -2.25. The zero-order chi connectivity index (χ0) is 12.1. The molecule has 0 saturated heterocycles. The normalized spacial score (nSPS) is 11.4. The van der Waals surface area contributed by atoms with E-state index in [-0.39, 0.29) is 5.56 Å². The molecule has 3 N–H and O–H groups in total. The Bertz CT molecular complexity index is 486. The monoisotopic (exact) mass is 226 g/mol. The van der Waals surface area contributed by atoms with E-state index >= 15 is 0 Å². The fraction of sp³-hybridized carbons (Fsp3) is 0.444. The molecule has 0 radical (unpaired) electrons. The fourth-order valence-corrected chi connectivity index (χ4v) is 1.02. The summed E-state index contributed by atoms with van der Waals surface area (Å²) in [6, 6.07) is 0. The Kier molecular flexibility index (Phi) is 4.01. The van der Waals surface area contributed by atoms with Gasteiger partial charge >= 0.3 is 5.69 Å². The van der Waals surface area contributed by atoms with Gasteiger partial charge in [0.2, 0.25) is 5.88 Å². The van der Waals surface area contributed by atoms with Crippen molar-refractivity contribution in [3.8, 4) is 5.88 Å². The first-order valence-electron chi connectivity index (χ1n) is 4.71. The van der Waals surface area contributed by atoms with Crippen molar-refractivity contribution >= 4 is 6.21 Å². The van der Waals surface area contributed by atoms with E-state index in [1.807, 2.05) is 24.0 Å². The molecule has 0 saturated carbocycles. The van der Waals surface area contributed by atoms with Crippen LogP contribution in [0, 0.1) is 0 Å². The first-order chi connectivity index (χ1) is 7.50. The number of aliphatic imine (C=N–C) groups is 1. The summed E-state index contributed by atoms with van der Waals surface area (Å²) in [5.74, 6) is -0.470. The lowest BCUT2D eigenvalue weighted by Gasteiger charge is -2.05. The first kappa shape index (κ1) is 12.2. The summed E-state index contributed by atoms with van der Waals surface area (Å²) in [6.45, 7) is 1.24. The minimum atomic E-state index is -0.743. The molecule has 7 heteroatoms. The molecular weight excluding hydrogens is 212 g/mol. The van der Waals surface area contributed by atoms with E-state index in [0.717, 1.165) is 6.54 Å². The summed E-state index contributed by atoms with van der Waals surface area (Å²) >= 11 is 0. The Morgan fingerprint density at radius 3 is 2.62 bits per heavy atom. The molecule has 1 rings (SSSR count). The number of rotatable bonds is 4. The Hall–Kier alpha value is -1.89. The van der Waals surface area contributed by atoms with Gasteiger partial charge in [0.1, 0.15) is 5.56 Å². The molecule has 0 aliphatic rings. The summed E-state index contributed by atoms with van der Waals surface area (Å²) in [7, 11) is 3.81. The predicted molar refractivity (Wildman–Crippen MR) is 60.4 cm³/mol. The number of hydrogen-bond acceptors (Lipinski definition) is 5. The molecule has 0 unspecified atom stereocenters. The van der Waals surface area contributed by atoms with Crippen molar-refractivity contribution < 1.29 is 5.11 Å². The van der Waals surface area contributed by atoms with E-state index in [9.17, 15) is 14.7 Å². The molecule has 0 aliphatic carbocycles. The van der Waals surface area contributed by atoms with Crippen LogP contribution < -0.4 is 11.2 Å². The van der Waals surface area contributed by atoms with Crippen molar-refractivity contribution in [2.24, 2.45) is 4.99 Å². The molecule has 1 aromatic heterocycles. The average Bonchev–Trinajstić information content (AvgIpc) is 2.14. The Morgan fingerprint density at radius 2 is 2.06 bits per heavy atom. The van der Waals surface area contributed by atoms with Crippen LogP contribution in [-0.2, 0) is 0 Å². The highest BCUT2D eigenvalue weighted by Gasteiger charge is 2.04. The number of aromatic amines is 2. The van der Waals surface area contributed by atoms with Gasteiger partial charge in [-0.15, -0.1) is 0 Å². The minimum absolute atomic E-state index is 0.0432. The summed E-state index contributed by atoms with van der Waals surface area (Å²) in [5, 5.41) is 9.30. The van der Waals surface area contributed by atoms with Gasteiger partial charge in [0.15, 0.2) is 0 Å². The van der Waals surface area contributed by atoms with Crippen molar-refractivity contribution in [1.82, 2.24) is 14.9 Å². The van der Waals surface area contributed by atoms with Crippen LogP contribution in [0.5, 0.6) is 5.88 Å². The molecule has 1 heterocycles. The molecule has 0 spiro atoms. The molecular formula is C9H14N4O3. The summed E-state index contributed by atoms with van der Waals surface area (Å²) < 4.78 is 0. The van der Waals surface area contributed by atoms with Crippen LogP contribution in [0.1, 0.15) is 5.56 Å². The van der Waals surface area contributed by atoms with Crippen molar-refractivity contribution in [2.75, 3.05) is 27.2 Å². The quantitative estimate of drug-likeness (QED) is 0.558. The van der Waals surface area contributed by atoms with Gasteiger partial charge in [-0.3, -0.25) is 19.8 Å². The van der Waals surface area contributed by atoms with E-state index in [2.05, 4.69) is 9.98 Å². The number of aromatic nitrogens is 2. The van der Waals surface area contributed by atoms with Gasteiger partial charge < -0.3 is 10.0 Å². The van der Waals surface area contributed by atoms with Crippen LogP contribution in [0.3, 0.4) is 0 Å². The van der Waals surface area contributed by atoms with Gasteiger partial charge in [-0.05, 0) is 14.1 Å². The lowest BCUT2D eigenvalue weighted by atomic mass is 10.3. The fourth-order valence-electron chi connectivity index (χ4n) is 1.02. The van der Waals surface area contributed by atoms with E-state index in [1.165, 1.54) is 6.21 Å². The van der Waals surface area contributed by atoms with Crippen LogP contribution in [0.2, 0.25) is 0 Å². The summed E-state index contributed by atoms with van der Waals surface area (Å²) in [6.07, 6.45) is 1.24. The maximum absolute atomic E-state index is 11.3. The summed E-state index contributed by atoms with van der Waals surface area (Å²) in [5.41, 5.74) is -1.44. The highest BCUT2D eigenvalue weighted by Crippen LogP contribution is 2.00. The molecule has 1 aromatic rings. The lowest BCUT2D eigenvalue weighted by molar-refractivity contribution is 0.420. The van der Waals surface area contributed by atoms with Gasteiger partial charge in [-0.2, -0.15) is 0 Å². The SMILES string of the molecule is CN(C)CCN=Cc1c(O)[nH]c(=O)[nH]c1=O. The maximum Gasteiger partial charge on any atom is 0.328 e. The molecule has 16 heavy (non-hydrogen) atoms. The van der Waals surface area contributed by atoms with E-state index in [1.54, 1.807) is 0 Å². The smallest absolute Gasteiger partial charge is 0.328 e. The second-order valence-corrected chi connectivity index (χ2v) is 3.51. The number of aromatic hydroxyl groups is 1. The molecule has 0 atom stereocenters. The topological polar surface area (TPSA) is 102 Å². The zero-order valence-corrected chi connectivity index (χ0v) is 9.15. The molecule has 0 aromatic carbocycles. The number of hydrogen-bond donors (Lipinski definition) is 3. The average molecular weight is 226 g/mol. The molecule has 7 nitrogen and oxygen atoms in total. The first-order valence-corrected chi connectivity index (χ1v) is 4.71. The van der Waals surface area contributed by atoms with E-state index in [4.69, 9.17) is 0 Å². The molecule has 0 bridgehead atoms. The van der Waals surface area contributed by atoms with Crippen molar-refractivity contribution in [3.05, 3.63) is 26.4 Å². The largest absolute Gasteiger partial charge is 0.494 e. The standard InChI is InChI=1S/C9H14N4O3/c1-13(2)4-3-10-5-6-7(14)11-9(16)12-8(6)15/h5H,3-4H2,1-2H3,(H3,11,12,14,15,16). The van der Waals surface area contributed by atoms with E-state index < -0.39 is 17.1 Å². The Morgan fingerprint density at radius 1 is 1.38 bits per heavy atom. The Balaban J connectivity index is 2.82. The third-order valence-corrected chi connectivity index (χ3v) is 1.86. The predicted octanol–water partition coefficient (Wildman–Crippen LogP) is -1.25. The highest BCUT2D eigenvalue weighted by atomic mass is 16.3. The third-order valence-electron chi connectivity index (χ3n) is 1.86. The van der Waals surface area contributed by atoms with Gasteiger partial charge in [0.05, 0.1) is 6.54 Å². The van der Waals surface area contributed by atoms with Crippen LogP contribution in [0.4, 0.5) is 0 Å². The molecule has 0 fully saturated rings. The zero-order valence-electron chi connectivity index (χ0n) is 9.15. The van der Waals surface area contributed by atoms with Gasteiger partial charge in [0, 0.05) is 12.8 Å². The molecule has 88 valence electrons. The number of nitrogens with one attached hydrogen (secondary N) is 2. The van der Waals surface area contributed by atoms with Crippen LogP contribution >= 0.6 is 0 Å². The van der Waals surface area contributed by atoms with Crippen LogP contribution in [0.25, 0.3) is 0 Å². The van der Waals surface area contributed by atoms with Crippen molar-refractivity contribution in [3.63, 3.8) is 0 Å². The number of likely N-dealkylation sites (N-methyl/N-ethyl adjacent to an activating group) is 1. The van der Waals surface area contributed by atoms with E-state index in [0.29, 0.717) is 6.54 Å². The van der Waals surface area contributed by atoms with Crippen LogP contribution in [-0.4, -0.2) is 53.4 Å². The second-order valence-electron chi connectivity index (χ2n) is 3.51. The highest BCUT2D eigenvalue weighted by molar-refractivity contribution is 5.81. The Labute approximate surface area is 91.5 Å². The minimum Gasteiger partial charge on any atom is -0.494 e. The van der Waals surface area contributed by atoms with Gasteiger partial charge in [-0.1, -0.05) is 0 Å².